The normalized spacial score (nSPS) is 31.0. The number of carbonyl (C=O) groups is 4. The lowest BCUT2D eigenvalue weighted by atomic mass is 9.56. The predicted molar refractivity (Wildman–Crippen MR) is 188 cm³/mol. The standard InChI is InChI=1S/C39H36Cl2FN3O6/c1-51-31-19-23(7-14-30(31)46)33-27-12-13-28-32(35(48)44(34(28)47)26-15-17-43(18-16-26)21-22-5-3-2-4-6-22)29(27)20-38(40)36(49)45(37(50)39(33,38)41)25-10-8-24(42)9-11-25/h2-12,14,19,26,28-29,32-33,46H,13,15-18,20-21H2,1H3/t28-,29+,32-,33-,38+,39-/m0/s1. The molecular formula is C39H36Cl2FN3O6. The Labute approximate surface area is 304 Å². The molecule has 6 atom stereocenters. The van der Waals surface area contributed by atoms with Gasteiger partial charge in [-0.3, -0.25) is 29.0 Å². The molecule has 12 heteroatoms. The summed E-state index contributed by atoms with van der Waals surface area (Å²) in [5, 5.41) is 10.5. The van der Waals surface area contributed by atoms with Gasteiger partial charge in [-0.05, 0) is 79.1 Å². The van der Waals surface area contributed by atoms with Gasteiger partial charge < -0.3 is 9.84 Å². The number of carbonyl (C=O) groups excluding carboxylic acids is 4. The van der Waals surface area contributed by atoms with E-state index in [4.69, 9.17) is 27.9 Å². The summed E-state index contributed by atoms with van der Waals surface area (Å²) in [7, 11) is 1.39. The lowest BCUT2D eigenvalue weighted by Gasteiger charge is -2.50. The van der Waals surface area contributed by atoms with Gasteiger partial charge in [-0.2, -0.15) is 0 Å². The fourth-order valence-corrected chi connectivity index (χ4v) is 10.1. The lowest BCUT2D eigenvalue weighted by Crippen LogP contribution is -2.60. The molecule has 3 heterocycles. The Bertz CT molecular complexity index is 1970. The van der Waals surface area contributed by atoms with Gasteiger partial charge in [-0.1, -0.05) is 48.0 Å². The number of hydrogen-bond acceptors (Lipinski definition) is 7. The van der Waals surface area contributed by atoms with Crippen molar-refractivity contribution in [3.63, 3.8) is 0 Å². The highest BCUT2D eigenvalue weighted by molar-refractivity contribution is 6.58. The predicted octanol–water partition coefficient (Wildman–Crippen LogP) is 5.77. The third kappa shape index (κ3) is 5.04. The van der Waals surface area contributed by atoms with Crippen LogP contribution in [0, 0.1) is 23.6 Å². The van der Waals surface area contributed by atoms with E-state index in [1.165, 1.54) is 35.8 Å². The molecule has 8 rings (SSSR count). The Hall–Kier alpha value is -4.25. The van der Waals surface area contributed by atoms with Gasteiger partial charge >= 0.3 is 0 Å². The van der Waals surface area contributed by atoms with Gasteiger partial charge in [0.15, 0.2) is 21.2 Å². The van der Waals surface area contributed by atoms with Crippen LogP contribution in [0.15, 0.2) is 84.4 Å². The number of hydrogen-bond donors (Lipinski definition) is 1. The van der Waals surface area contributed by atoms with Gasteiger partial charge in [0.25, 0.3) is 11.8 Å². The number of fused-ring (bicyclic) bond motifs is 4. The molecule has 51 heavy (non-hydrogen) atoms. The quantitative estimate of drug-likeness (QED) is 0.195. The monoisotopic (exact) mass is 731 g/mol. The van der Waals surface area contributed by atoms with Crippen molar-refractivity contribution in [3.8, 4) is 11.5 Å². The molecule has 4 amide bonds. The maximum absolute atomic E-state index is 14.5. The molecule has 0 spiro atoms. The molecule has 1 N–H and O–H groups in total. The molecule has 3 saturated heterocycles. The largest absolute Gasteiger partial charge is 0.504 e. The smallest absolute Gasteiger partial charge is 0.258 e. The van der Waals surface area contributed by atoms with Gasteiger partial charge in [-0.25, -0.2) is 9.29 Å². The topological polar surface area (TPSA) is 107 Å². The van der Waals surface area contributed by atoms with Crippen LogP contribution >= 0.6 is 23.2 Å². The van der Waals surface area contributed by atoms with Crippen molar-refractivity contribution in [2.75, 3.05) is 25.1 Å². The van der Waals surface area contributed by atoms with Gasteiger partial charge in [0.05, 0.1) is 24.6 Å². The summed E-state index contributed by atoms with van der Waals surface area (Å²) >= 11 is 14.9. The number of ether oxygens (including phenoxy) is 1. The van der Waals surface area contributed by atoms with Gasteiger partial charge in [0.1, 0.15) is 5.82 Å². The Morgan fingerprint density at radius 2 is 1.61 bits per heavy atom. The summed E-state index contributed by atoms with van der Waals surface area (Å²) in [4.78, 5) is 58.2. The van der Waals surface area contributed by atoms with Crippen molar-refractivity contribution in [2.45, 2.75) is 53.9 Å². The molecular weight excluding hydrogens is 696 g/mol. The second-order valence-electron chi connectivity index (χ2n) is 14.2. The van der Waals surface area contributed by atoms with E-state index >= 15 is 0 Å². The molecule has 1 saturated carbocycles. The first-order chi connectivity index (χ1) is 24.5. The van der Waals surface area contributed by atoms with E-state index in [9.17, 15) is 28.7 Å². The van der Waals surface area contributed by atoms with Crippen LogP contribution in [-0.2, 0) is 25.7 Å². The molecule has 2 aliphatic carbocycles. The zero-order valence-electron chi connectivity index (χ0n) is 27.8. The molecule has 5 aliphatic rings. The number of amides is 4. The summed E-state index contributed by atoms with van der Waals surface area (Å²) in [5.74, 6) is -5.84. The van der Waals surface area contributed by atoms with E-state index in [2.05, 4.69) is 17.0 Å². The zero-order chi connectivity index (χ0) is 35.8. The molecule has 0 radical (unpaired) electrons. The van der Waals surface area contributed by atoms with Crippen LogP contribution < -0.4 is 9.64 Å². The second-order valence-corrected chi connectivity index (χ2v) is 15.5. The van der Waals surface area contributed by atoms with Crippen molar-refractivity contribution >= 4 is 52.5 Å². The zero-order valence-corrected chi connectivity index (χ0v) is 29.3. The summed E-state index contributed by atoms with van der Waals surface area (Å²) < 4.78 is 19.3. The molecule has 0 bridgehead atoms. The number of alkyl halides is 2. The van der Waals surface area contributed by atoms with Crippen LogP contribution in [0.1, 0.15) is 42.7 Å². The average molecular weight is 733 g/mol. The summed E-state index contributed by atoms with van der Waals surface area (Å²) in [6.45, 7) is 2.26. The van der Waals surface area contributed by atoms with E-state index in [1.54, 1.807) is 12.1 Å². The Morgan fingerprint density at radius 3 is 2.29 bits per heavy atom. The van der Waals surface area contributed by atoms with E-state index < -0.39 is 51.1 Å². The number of piperidine rings is 1. The number of allylic oxidation sites excluding steroid dienone is 2. The molecule has 264 valence electrons. The maximum Gasteiger partial charge on any atom is 0.258 e. The number of methoxy groups -OCH3 is 1. The molecule has 0 aromatic heterocycles. The van der Waals surface area contributed by atoms with Crippen LogP contribution in [-0.4, -0.2) is 74.5 Å². The van der Waals surface area contributed by atoms with Gasteiger partial charge in [0.2, 0.25) is 11.8 Å². The maximum atomic E-state index is 14.5. The van der Waals surface area contributed by atoms with Crippen molar-refractivity contribution in [2.24, 2.45) is 17.8 Å². The highest BCUT2D eigenvalue weighted by atomic mass is 35.5. The van der Waals surface area contributed by atoms with Gasteiger partial charge in [-0.15, -0.1) is 23.2 Å². The summed E-state index contributed by atoms with van der Waals surface area (Å²) in [5.41, 5.74) is 2.39. The van der Waals surface area contributed by atoms with E-state index in [0.29, 0.717) is 24.0 Å². The number of phenols is 1. The summed E-state index contributed by atoms with van der Waals surface area (Å²) in [6, 6.07) is 19.4. The number of imide groups is 2. The highest BCUT2D eigenvalue weighted by Gasteiger charge is 2.76. The van der Waals surface area contributed by atoms with Crippen LogP contribution in [0.25, 0.3) is 0 Å². The lowest BCUT2D eigenvalue weighted by molar-refractivity contribution is -0.144. The van der Waals surface area contributed by atoms with E-state index in [0.717, 1.165) is 36.7 Å². The average Bonchev–Trinajstić information content (AvgIpc) is 3.47. The molecule has 0 unspecified atom stereocenters. The third-order valence-electron chi connectivity index (χ3n) is 11.6. The van der Waals surface area contributed by atoms with Crippen LogP contribution in [0.5, 0.6) is 11.5 Å². The second kappa shape index (κ2) is 12.5. The Morgan fingerprint density at radius 1 is 0.902 bits per heavy atom. The highest BCUT2D eigenvalue weighted by Crippen LogP contribution is 2.66. The molecule has 3 aromatic rings. The number of nitrogens with zero attached hydrogens (tertiary/aromatic N) is 3. The number of rotatable bonds is 6. The third-order valence-corrected chi connectivity index (χ3v) is 13.1. The first-order valence-corrected chi connectivity index (χ1v) is 18.0. The number of likely N-dealkylation sites (tertiary alicyclic amines) is 2. The van der Waals surface area contributed by atoms with E-state index in [1.807, 2.05) is 24.3 Å². The van der Waals surface area contributed by atoms with Crippen LogP contribution in [0.2, 0.25) is 0 Å². The van der Waals surface area contributed by atoms with Crippen molar-refractivity contribution in [1.82, 2.24) is 9.80 Å². The minimum absolute atomic E-state index is 0.106. The SMILES string of the molecule is COc1cc([C@H]2C3=CC[C@@H]4C(=O)N(C5CCN(Cc6ccccc6)CC5)C(=O)[C@@H]4[C@@H]3C[C@@]3(Cl)C(=O)N(c4ccc(F)cc4)C(=O)[C@@]23Cl)ccc1O. The number of benzene rings is 3. The first kappa shape index (κ1) is 33.9. The van der Waals surface area contributed by atoms with Crippen molar-refractivity contribution in [3.05, 3.63) is 101 Å². The minimum atomic E-state index is -2.08. The number of anilines is 1. The Kier molecular flexibility index (Phi) is 8.27. The first-order valence-electron chi connectivity index (χ1n) is 17.2. The Balaban J connectivity index is 1.16. The van der Waals surface area contributed by atoms with Crippen molar-refractivity contribution < 1.29 is 33.4 Å². The van der Waals surface area contributed by atoms with Crippen molar-refractivity contribution in [1.29, 1.82) is 0 Å². The summed E-state index contributed by atoms with van der Waals surface area (Å²) in [6.07, 6.45) is 3.26. The molecule has 9 nitrogen and oxygen atoms in total. The van der Waals surface area contributed by atoms with Gasteiger partial charge in [0, 0.05) is 31.6 Å². The fourth-order valence-electron chi connectivity index (χ4n) is 9.21. The number of aromatic hydroxyl groups is 1. The number of halogens is 3. The molecule has 4 fully saturated rings. The van der Waals surface area contributed by atoms with Crippen LogP contribution in [0.3, 0.4) is 0 Å². The molecule has 3 aliphatic heterocycles. The molecule has 3 aromatic carbocycles. The fraction of sp³-hybridized carbons (Fsp3) is 0.385. The minimum Gasteiger partial charge on any atom is -0.504 e. The van der Waals surface area contributed by atoms with E-state index in [-0.39, 0.29) is 47.9 Å². The number of phenolic OH excluding ortho intramolecular Hbond substituents is 1. The van der Waals surface area contributed by atoms with Crippen LogP contribution in [0.4, 0.5) is 10.1 Å².